The zero-order chi connectivity index (χ0) is 30.2. The van der Waals surface area contributed by atoms with Gasteiger partial charge in [-0.25, -0.2) is 9.59 Å². The molecule has 8 heteroatoms. The van der Waals surface area contributed by atoms with Crippen LogP contribution in [-0.4, -0.2) is 43.3 Å². The highest BCUT2D eigenvalue weighted by Crippen LogP contribution is 2.37. The fraction of sp³-hybridized carbons (Fsp3) is 0.500. The number of alkyl carbamates (subject to hydrolysis) is 2. The quantitative estimate of drug-likeness (QED) is 0.223. The molecule has 8 nitrogen and oxygen atoms in total. The number of rotatable bonds is 11. The zero-order valence-electron chi connectivity index (χ0n) is 25.2. The van der Waals surface area contributed by atoms with Crippen LogP contribution in [0.1, 0.15) is 88.3 Å². The van der Waals surface area contributed by atoms with Gasteiger partial charge in [0.1, 0.15) is 12.2 Å². The summed E-state index contributed by atoms with van der Waals surface area (Å²) in [5.74, 6) is 7.42. The monoisotopic (exact) mass is 575 g/mol. The molecule has 0 heterocycles. The SMILES string of the molecule is CC(C)(C)OC(=O)NCCNC(=O)CCC1CCC(c2ccc(C#CCCNC(=O)OCc3ccccc3)cc2)CC1. The molecule has 3 amide bonds. The van der Waals surface area contributed by atoms with Crippen LogP contribution in [0.2, 0.25) is 0 Å². The van der Waals surface area contributed by atoms with E-state index in [0.717, 1.165) is 43.2 Å². The lowest BCUT2D eigenvalue weighted by Gasteiger charge is -2.28. The summed E-state index contributed by atoms with van der Waals surface area (Å²) in [7, 11) is 0. The minimum atomic E-state index is -0.535. The predicted molar refractivity (Wildman–Crippen MR) is 164 cm³/mol. The Morgan fingerprint density at radius 1 is 0.833 bits per heavy atom. The molecule has 1 aliphatic rings. The summed E-state index contributed by atoms with van der Waals surface area (Å²) in [4.78, 5) is 35.7. The third-order valence-electron chi connectivity index (χ3n) is 7.09. The molecule has 1 fully saturated rings. The number of amides is 3. The van der Waals surface area contributed by atoms with Gasteiger partial charge in [-0.05, 0) is 88.0 Å². The molecule has 0 spiro atoms. The molecule has 0 bridgehead atoms. The second kappa shape index (κ2) is 17.1. The molecule has 1 aliphatic carbocycles. The molecule has 42 heavy (non-hydrogen) atoms. The van der Waals surface area contributed by atoms with E-state index >= 15 is 0 Å². The van der Waals surface area contributed by atoms with Crippen molar-refractivity contribution in [2.45, 2.75) is 83.8 Å². The van der Waals surface area contributed by atoms with E-state index in [1.807, 2.05) is 51.1 Å². The van der Waals surface area contributed by atoms with Crippen LogP contribution in [0.25, 0.3) is 0 Å². The highest BCUT2D eigenvalue weighted by atomic mass is 16.6. The topological polar surface area (TPSA) is 106 Å². The van der Waals surface area contributed by atoms with E-state index < -0.39 is 17.8 Å². The number of hydrogen-bond acceptors (Lipinski definition) is 5. The highest BCUT2D eigenvalue weighted by Gasteiger charge is 2.23. The van der Waals surface area contributed by atoms with Crippen molar-refractivity contribution in [3.63, 3.8) is 0 Å². The van der Waals surface area contributed by atoms with Crippen LogP contribution in [-0.2, 0) is 20.9 Å². The molecule has 0 aliphatic heterocycles. The molecule has 0 saturated heterocycles. The standard InChI is InChI=1S/C34H45N3O5/c1-34(2,3)42-33(40)37-24-23-35-31(38)21-16-27-14-19-30(20-15-27)29-17-12-26(13-18-29)9-7-8-22-36-32(39)41-25-28-10-5-4-6-11-28/h4-6,10-13,17-18,27,30H,8,14-16,19-25H2,1-3H3,(H,35,38)(H,36,39)(H,37,40). The lowest BCUT2D eigenvalue weighted by atomic mass is 9.77. The molecule has 0 aromatic heterocycles. The number of carbonyl (C=O) groups excluding carboxylic acids is 3. The smallest absolute Gasteiger partial charge is 0.407 e. The maximum atomic E-state index is 12.2. The molecule has 0 atom stereocenters. The Balaban J connectivity index is 1.25. The molecule has 3 N–H and O–H groups in total. The predicted octanol–water partition coefficient (Wildman–Crippen LogP) is 6.05. The summed E-state index contributed by atoms with van der Waals surface area (Å²) in [5, 5.41) is 8.25. The Morgan fingerprint density at radius 3 is 2.19 bits per heavy atom. The number of hydrogen-bond donors (Lipinski definition) is 3. The maximum absolute atomic E-state index is 12.2. The third-order valence-corrected chi connectivity index (χ3v) is 7.09. The van der Waals surface area contributed by atoms with E-state index in [4.69, 9.17) is 9.47 Å². The lowest BCUT2D eigenvalue weighted by molar-refractivity contribution is -0.121. The van der Waals surface area contributed by atoms with Gasteiger partial charge in [-0.3, -0.25) is 4.79 Å². The van der Waals surface area contributed by atoms with Crippen molar-refractivity contribution < 1.29 is 23.9 Å². The van der Waals surface area contributed by atoms with E-state index in [1.165, 1.54) is 5.56 Å². The summed E-state index contributed by atoms with van der Waals surface area (Å²) in [6.45, 7) is 6.87. The first-order valence-corrected chi connectivity index (χ1v) is 14.9. The Labute approximate surface area is 250 Å². The summed E-state index contributed by atoms with van der Waals surface area (Å²) in [6, 6.07) is 18.1. The van der Waals surface area contributed by atoms with Crippen LogP contribution < -0.4 is 16.0 Å². The first-order chi connectivity index (χ1) is 20.2. The third kappa shape index (κ3) is 13.1. The molecular formula is C34H45N3O5. The highest BCUT2D eigenvalue weighted by molar-refractivity contribution is 5.76. The van der Waals surface area contributed by atoms with E-state index in [-0.39, 0.29) is 12.5 Å². The van der Waals surface area contributed by atoms with Crippen molar-refractivity contribution in [2.24, 2.45) is 5.92 Å². The van der Waals surface area contributed by atoms with Crippen molar-refractivity contribution >= 4 is 18.1 Å². The largest absolute Gasteiger partial charge is 0.445 e. The Hall–Kier alpha value is -3.99. The van der Waals surface area contributed by atoms with E-state index in [1.54, 1.807) is 0 Å². The number of carbonyl (C=O) groups is 3. The van der Waals surface area contributed by atoms with Crippen LogP contribution in [0.15, 0.2) is 54.6 Å². The molecule has 3 rings (SSSR count). The first-order valence-electron chi connectivity index (χ1n) is 14.9. The minimum absolute atomic E-state index is 0.0265. The van der Waals surface area contributed by atoms with Crippen LogP contribution in [0.3, 0.4) is 0 Å². The van der Waals surface area contributed by atoms with Gasteiger partial charge in [-0.15, -0.1) is 0 Å². The molecule has 2 aromatic rings. The molecule has 0 radical (unpaired) electrons. The number of nitrogens with one attached hydrogen (secondary N) is 3. The lowest BCUT2D eigenvalue weighted by Crippen LogP contribution is -2.37. The zero-order valence-corrected chi connectivity index (χ0v) is 25.2. The van der Waals surface area contributed by atoms with Gasteiger partial charge in [0.05, 0.1) is 0 Å². The average molecular weight is 576 g/mol. The van der Waals surface area contributed by atoms with Gasteiger partial charge in [-0.2, -0.15) is 0 Å². The number of ether oxygens (including phenoxy) is 2. The normalized spacial score (nSPS) is 16.4. The van der Waals surface area contributed by atoms with Gasteiger partial charge in [0.2, 0.25) is 5.91 Å². The van der Waals surface area contributed by atoms with E-state index in [0.29, 0.717) is 44.3 Å². The van der Waals surface area contributed by atoms with Crippen molar-refractivity contribution in [1.29, 1.82) is 0 Å². The van der Waals surface area contributed by atoms with Crippen LogP contribution in [0.4, 0.5) is 9.59 Å². The minimum Gasteiger partial charge on any atom is -0.445 e. The second-order valence-electron chi connectivity index (χ2n) is 11.7. The van der Waals surface area contributed by atoms with Crippen LogP contribution in [0, 0.1) is 17.8 Å². The fourth-order valence-corrected chi connectivity index (χ4v) is 4.89. The Morgan fingerprint density at radius 2 is 1.50 bits per heavy atom. The molecule has 2 aromatic carbocycles. The molecule has 0 unspecified atom stereocenters. The second-order valence-corrected chi connectivity index (χ2v) is 11.7. The maximum Gasteiger partial charge on any atom is 0.407 e. The first kappa shape index (κ1) is 32.5. The average Bonchev–Trinajstić information content (AvgIpc) is 2.97. The van der Waals surface area contributed by atoms with Gasteiger partial charge < -0.3 is 25.4 Å². The Bertz CT molecular complexity index is 1190. The molecule has 226 valence electrons. The van der Waals surface area contributed by atoms with Gasteiger partial charge in [0, 0.05) is 38.0 Å². The summed E-state index contributed by atoms with van der Waals surface area (Å²) in [6.07, 6.45) is 5.55. The van der Waals surface area contributed by atoms with Crippen molar-refractivity contribution in [1.82, 2.24) is 16.0 Å². The fourth-order valence-electron chi connectivity index (χ4n) is 4.89. The number of benzene rings is 2. The van der Waals surface area contributed by atoms with E-state index in [2.05, 4.69) is 52.1 Å². The summed E-state index contributed by atoms with van der Waals surface area (Å²) >= 11 is 0. The van der Waals surface area contributed by atoms with Crippen LogP contribution >= 0.6 is 0 Å². The molecular weight excluding hydrogens is 530 g/mol. The van der Waals surface area contributed by atoms with Crippen molar-refractivity contribution in [3.8, 4) is 11.8 Å². The van der Waals surface area contributed by atoms with Crippen LogP contribution in [0.5, 0.6) is 0 Å². The van der Waals surface area contributed by atoms with Gasteiger partial charge >= 0.3 is 12.2 Å². The van der Waals surface area contributed by atoms with E-state index in [9.17, 15) is 14.4 Å². The Kier molecular flexibility index (Phi) is 13.2. The van der Waals surface area contributed by atoms with Gasteiger partial charge in [0.15, 0.2) is 0 Å². The van der Waals surface area contributed by atoms with Crippen molar-refractivity contribution in [2.75, 3.05) is 19.6 Å². The summed E-state index contributed by atoms with van der Waals surface area (Å²) in [5.41, 5.74) is 2.73. The summed E-state index contributed by atoms with van der Waals surface area (Å²) < 4.78 is 10.4. The van der Waals surface area contributed by atoms with Gasteiger partial charge in [0.25, 0.3) is 0 Å². The van der Waals surface area contributed by atoms with Crippen molar-refractivity contribution in [3.05, 3.63) is 71.3 Å². The van der Waals surface area contributed by atoms with Gasteiger partial charge in [-0.1, -0.05) is 54.3 Å². The molecule has 1 saturated carbocycles.